The largest absolute Gasteiger partial charge is 0.393 e. The Morgan fingerprint density at radius 2 is 1.95 bits per heavy atom. The Hall–Kier alpha value is -1.14. The molecule has 0 aromatic carbocycles. The topological polar surface area (TPSA) is 66.3 Å². The number of aliphatic hydroxyl groups excluding tert-OH is 1. The number of carbonyl (C=O) groups excluding carboxylic acids is 1. The van der Waals surface area contributed by atoms with Crippen LogP contribution in [0.3, 0.4) is 0 Å². The zero-order valence-electron chi connectivity index (χ0n) is 13.1. The molecule has 6 heteroatoms. The Labute approximate surface area is 130 Å². The minimum Gasteiger partial charge on any atom is -0.393 e. The van der Waals surface area contributed by atoms with Crippen molar-refractivity contribution in [3.8, 4) is 0 Å². The highest BCUT2D eigenvalue weighted by Gasteiger charge is 2.28. The van der Waals surface area contributed by atoms with Crippen LogP contribution in [0, 0.1) is 19.8 Å². The van der Waals surface area contributed by atoms with Crippen LogP contribution in [0.5, 0.6) is 0 Å². The lowest BCUT2D eigenvalue weighted by atomic mass is 9.92. The summed E-state index contributed by atoms with van der Waals surface area (Å²) in [5, 5.41) is 10.4. The molecule has 2 heterocycles. The summed E-state index contributed by atoms with van der Waals surface area (Å²) in [5.74, 6) is 1.01. The molecule has 1 aromatic rings. The molecule has 1 fully saturated rings. The normalized spacial score (nSPS) is 17.9. The van der Waals surface area contributed by atoms with Crippen LogP contribution in [-0.2, 0) is 0 Å². The van der Waals surface area contributed by atoms with Crippen LogP contribution in [0.25, 0.3) is 0 Å². The maximum atomic E-state index is 12.8. The highest BCUT2D eigenvalue weighted by Crippen LogP contribution is 2.26. The van der Waals surface area contributed by atoms with Crippen LogP contribution in [0.15, 0.2) is 5.03 Å². The predicted molar refractivity (Wildman–Crippen MR) is 83.6 cm³/mol. The SMILES string of the molecule is CSc1nc(C)nc(C)c1C(=O)N1CCC(C(C)O)CC1. The van der Waals surface area contributed by atoms with E-state index in [1.54, 1.807) is 0 Å². The summed E-state index contributed by atoms with van der Waals surface area (Å²) < 4.78 is 0. The predicted octanol–water partition coefficient (Wildman–Crippen LogP) is 2.05. The first kappa shape index (κ1) is 16.2. The molecule has 2 rings (SSSR count). The third-order valence-electron chi connectivity index (χ3n) is 4.08. The van der Waals surface area contributed by atoms with Crippen LogP contribution in [-0.4, -0.2) is 51.3 Å². The van der Waals surface area contributed by atoms with Crippen LogP contribution < -0.4 is 0 Å². The number of aromatic nitrogens is 2. The van der Waals surface area contributed by atoms with Gasteiger partial charge in [-0.15, -0.1) is 11.8 Å². The Morgan fingerprint density at radius 1 is 1.33 bits per heavy atom. The van der Waals surface area contributed by atoms with Gasteiger partial charge < -0.3 is 10.0 Å². The molecule has 0 bridgehead atoms. The van der Waals surface area contributed by atoms with Gasteiger partial charge in [0.1, 0.15) is 10.9 Å². The van der Waals surface area contributed by atoms with Gasteiger partial charge in [-0.25, -0.2) is 9.97 Å². The number of aliphatic hydroxyl groups is 1. The number of thioether (sulfide) groups is 1. The zero-order valence-corrected chi connectivity index (χ0v) is 13.9. The summed E-state index contributed by atoms with van der Waals surface area (Å²) in [6.45, 7) is 6.91. The lowest BCUT2D eigenvalue weighted by Gasteiger charge is -2.33. The van der Waals surface area contributed by atoms with Crippen LogP contribution in [0.2, 0.25) is 0 Å². The quantitative estimate of drug-likeness (QED) is 0.684. The van der Waals surface area contributed by atoms with Crippen molar-refractivity contribution in [2.24, 2.45) is 5.92 Å². The molecule has 1 N–H and O–H groups in total. The van der Waals surface area contributed by atoms with Crippen molar-refractivity contribution in [1.82, 2.24) is 14.9 Å². The fourth-order valence-corrected chi connectivity index (χ4v) is 3.48. The molecular formula is C15H23N3O2S. The van der Waals surface area contributed by atoms with E-state index in [1.165, 1.54) is 11.8 Å². The summed E-state index contributed by atoms with van der Waals surface area (Å²) in [6, 6.07) is 0. The molecule has 1 aliphatic rings. The van der Waals surface area contributed by atoms with Gasteiger partial charge in [-0.2, -0.15) is 0 Å². The highest BCUT2D eigenvalue weighted by atomic mass is 32.2. The summed E-state index contributed by atoms with van der Waals surface area (Å²) in [6.07, 6.45) is 3.33. The summed E-state index contributed by atoms with van der Waals surface area (Å²) in [4.78, 5) is 23.3. The first-order valence-corrected chi connectivity index (χ1v) is 8.53. The summed E-state index contributed by atoms with van der Waals surface area (Å²) >= 11 is 1.48. The lowest BCUT2D eigenvalue weighted by molar-refractivity contribution is 0.0517. The monoisotopic (exact) mass is 309 g/mol. The number of amides is 1. The van der Waals surface area contributed by atoms with Gasteiger partial charge in [0.05, 0.1) is 17.4 Å². The molecule has 0 saturated carbocycles. The van der Waals surface area contributed by atoms with Crippen molar-refractivity contribution in [3.05, 3.63) is 17.1 Å². The van der Waals surface area contributed by atoms with Crippen molar-refractivity contribution >= 4 is 17.7 Å². The molecule has 0 radical (unpaired) electrons. The van der Waals surface area contributed by atoms with Crippen molar-refractivity contribution in [3.63, 3.8) is 0 Å². The standard InChI is InChI=1S/C15H23N3O2S/c1-9-13(14(21-4)17-11(3)16-9)15(20)18-7-5-12(6-8-18)10(2)19/h10,12,19H,5-8H2,1-4H3. The number of rotatable bonds is 3. The lowest BCUT2D eigenvalue weighted by Crippen LogP contribution is -2.41. The molecule has 116 valence electrons. The second kappa shape index (κ2) is 6.75. The zero-order chi connectivity index (χ0) is 15.6. The van der Waals surface area contributed by atoms with Crippen LogP contribution in [0.1, 0.15) is 41.6 Å². The van der Waals surface area contributed by atoms with Gasteiger partial charge in [0.2, 0.25) is 0 Å². The molecule has 0 spiro atoms. The fraction of sp³-hybridized carbons (Fsp3) is 0.667. The van der Waals surface area contributed by atoms with Gasteiger partial charge in [0.15, 0.2) is 0 Å². The highest BCUT2D eigenvalue weighted by molar-refractivity contribution is 7.98. The molecule has 1 unspecified atom stereocenters. The average molecular weight is 309 g/mol. The van der Waals surface area contributed by atoms with Crippen LogP contribution >= 0.6 is 11.8 Å². The van der Waals surface area contributed by atoms with E-state index in [4.69, 9.17) is 0 Å². The van der Waals surface area contributed by atoms with Crippen molar-refractivity contribution in [2.75, 3.05) is 19.3 Å². The van der Waals surface area contributed by atoms with E-state index in [0.717, 1.165) is 23.6 Å². The van der Waals surface area contributed by atoms with Gasteiger partial charge in [-0.05, 0) is 45.8 Å². The third kappa shape index (κ3) is 3.55. The van der Waals surface area contributed by atoms with E-state index in [1.807, 2.05) is 31.9 Å². The van der Waals surface area contributed by atoms with Gasteiger partial charge in [0.25, 0.3) is 5.91 Å². The number of piperidine rings is 1. The van der Waals surface area contributed by atoms with E-state index < -0.39 is 0 Å². The minimum absolute atomic E-state index is 0.0147. The van der Waals surface area contributed by atoms with Crippen molar-refractivity contribution < 1.29 is 9.90 Å². The van der Waals surface area contributed by atoms with E-state index >= 15 is 0 Å². The Balaban J connectivity index is 2.18. The fourth-order valence-electron chi connectivity index (χ4n) is 2.82. The first-order chi connectivity index (χ1) is 9.93. The Morgan fingerprint density at radius 3 is 2.48 bits per heavy atom. The van der Waals surface area contributed by atoms with Crippen molar-refractivity contribution in [1.29, 1.82) is 0 Å². The Kier molecular flexibility index (Phi) is 5.22. The van der Waals surface area contributed by atoms with Gasteiger partial charge in [0, 0.05) is 13.1 Å². The molecular weight excluding hydrogens is 286 g/mol. The minimum atomic E-state index is -0.298. The summed E-state index contributed by atoms with van der Waals surface area (Å²) in [5.41, 5.74) is 1.37. The Bertz CT molecular complexity index is 526. The molecule has 5 nitrogen and oxygen atoms in total. The third-order valence-corrected chi connectivity index (χ3v) is 4.77. The van der Waals surface area contributed by atoms with E-state index in [-0.39, 0.29) is 12.0 Å². The number of nitrogens with zero attached hydrogens (tertiary/aromatic N) is 3. The molecule has 1 atom stereocenters. The molecule has 1 saturated heterocycles. The number of carbonyl (C=O) groups is 1. The van der Waals surface area contributed by atoms with E-state index in [9.17, 15) is 9.90 Å². The molecule has 0 aliphatic carbocycles. The van der Waals surface area contributed by atoms with Crippen molar-refractivity contribution in [2.45, 2.75) is 44.7 Å². The maximum absolute atomic E-state index is 12.8. The average Bonchev–Trinajstić information content (AvgIpc) is 2.45. The smallest absolute Gasteiger partial charge is 0.258 e. The van der Waals surface area contributed by atoms with E-state index in [0.29, 0.717) is 30.4 Å². The van der Waals surface area contributed by atoms with Gasteiger partial charge in [-0.1, -0.05) is 0 Å². The second-order valence-corrected chi connectivity index (χ2v) is 6.41. The number of hydrogen-bond acceptors (Lipinski definition) is 5. The van der Waals surface area contributed by atoms with Crippen LogP contribution in [0.4, 0.5) is 0 Å². The van der Waals surface area contributed by atoms with Gasteiger partial charge in [-0.3, -0.25) is 4.79 Å². The maximum Gasteiger partial charge on any atom is 0.258 e. The van der Waals surface area contributed by atoms with Gasteiger partial charge >= 0.3 is 0 Å². The van der Waals surface area contributed by atoms with E-state index in [2.05, 4.69) is 9.97 Å². The second-order valence-electron chi connectivity index (χ2n) is 5.61. The molecule has 1 aliphatic heterocycles. The number of likely N-dealkylation sites (tertiary alicyclic amines) is 1. The first-order valence-electron chi connectivity index (χ1n) is 7.30. The molecule has 1 amide bonds. The number of hydrogen-bond donors (Lipinski definition) is 1. The molecule has 21 heavy (non-hydrogen) atoms. The molecule has 1 aromatic heterocycles. The summed E-state index contributed by atoms with van der Waals surface area (Å²) in [7, 11) is 0. The number of aryl methyl sites for hydroxylation is 2.